The fourth-order valence-corrected chi connectivity index (χ4v) is 1.52. The first-order valence-corrected chi connectivity index (χ1v) is 6.13. The van der Waals surface area contributed by atoms with Crippen molar-refractivity contribution in [3.05, 3.63) is 11.9 Å². The highest BCUT2D eigenvalue weighted by Crippen LogP contribution is 2.10. The van der Waals surface area contributed by atoms with Crippen LogP contribution in [0, 0.1) is 0 Å². The van der Waals surface area contributed by atoms with E-state index in [-0.39, 0.29) is 6.04 Å². The molecule has 3 N–H and O–H groups in total. The molecular weight excluding hydrogens is 216 g/mol. The Bertz CT molecular complexity index is 343. The third kappa shape index (κ3) is 4.99. The van der Waals surface area contributed by atoms with Crippen LogP contribution in [0.15, 0.2) is 6.07 Å². The lowest BCUT2D eigenvalue weighted by Gasteiger charge is -2.15. The number of aryl methyl sites for hydroxylation is 1. The third-order valence-electron chi connectivity index (χ3n) is 2.23. The van der Waals surface area contributed by atoms with Gasteiger partial charge in [-0.25, -0.2) is 9.97 Å². The van der Waals surface area contributed by atoms with Gasteiger partial charge in [0.1, 0.15) is 17.5 Å². The molecule has 0 fully saturated rings. The van der Waals surface area contributed by atoms with Gasteiger partial charge in [-0.15, -0.1) is 0 Å². The Morgan fingerprint density at radius 3 is 2.82 bits per heavy atom. The van der Waals surface area contributed by atoms with Crippen LogP contribution in [0.25, 0.3) is 0 Å². The lowest BCUT2D eigenvalue weighted by atomic mass is 10.3. The van der Waals surface area contributed by atoms with Crippen molar-refractivity contribution >= 4 is 11.6 Å². The molecule has 0 aromatic carbocycles. The second-order valence-corrected chi connectivity index (χ2v) is 4.05. The minimum atomic E-state index is 0.207. The largest absolute Gasteiger partial charge is 0.384 e. The highest BCUT2D eigenvalue weighted by atomic mass is 16.5. The number of ether oxygens (including phenoxy) is 1. The molecule has 1 rings (SSSR count). The number of nitrogens with two attached hydrogens (primary N) is 1. The number of hydrogen-bond acceptors (Lipinski definition) is 5. The van der Waals surface area contributed by atoms with Gasteiger partial charge in [0, 0.05) is 25.1 Å². The molecule has 0 amide bonds. The summed E-state index contributed by atoms with van der Waals surface area (Å²) in [5.41, 5.74) is 5.74. The topological polar surface area (TPSA) is 73.1 Å². The minimum absolute atomic E-state index is 0.207. The minimum Gasteiger partial charge on any atom is -0.384 e. The number of nitrogen functional groups attached to an aromatic ring is 1. The summed E-state index contributed by atoms with van der Waals surface area (Å²) in [5.74, 6) is 2.07. The number of aromatic nitrogens is 2. The van der Waals surface area contributed by atoms with E-state index in [2.05, 4.69) is 22.2 Å². The summed E-state index contributed by atoms with van der Waals surface area (Å²) in [5, 5.41) is 3.26. The predicted octanol–water partition coefficient (Wildman–Crippen LogP) is 1.85. The highest BCUT2D eigenvalue weighted by Gasteiger charge is 2.06. The van der Waals surface area contributed by atoms with Gasteiger partial charge in [0.15, 0.2) is 0 Å². The molecule has 0 saturated heterocycles. The molecular formula is C12H22N4O. The zero-order valence-corrected chi connectivity index (χ0v) is 10.9. The van der Waals surface area contributed by atoms with Gasteiger partial charge in [-0.1, -0.05) is 6.92 Å². The SMILES string of the molecule is CCCc1nc(N)cc(NC(C)COCC)n1. The molecule has 0 aliphatic carbocycles. The molecule has 0 spiro atoms. The third-order valence-corrected chi connectivity index (χ3v) is 2.23. The number of rotatable bonds is 7. The van der Waals surface area contributed by atoms with Crippen LogP contribution < -0.4 is 11.1 Å². The van der Waals surface area contributed by atoms with Crippen molar-refractivity contribution in [2.75, 3.05) is 24.3 Å². The summed E-state index contributed by atoms with van der Waals surface area (Å²) in [6.45, 7) is 7.50. The molecule has 0 aliphatic heterocycles. The van der Waals surface area contributed by atoms with Crippen molar-refractivity contribution in [1.29, 1.82) is 0 Å². The summed E-state index contributed by atoms with van der Waals surface area (Å²) in [4.78, 5) is 8.60. The van der Waals surface area contributed by atoms with Crippen molar-refractivity contribution in [3.63, 3.8) is 0 Å². The summed E-state index contributed by atoms with van der Waals surface area (Å²) in [7, 11) is 0. The Hall–Kier alpha value is -1.36. The standard InChI is InChI=1S/C12H22N4O/c1-4-6-11-15-10(13)7-12(16-11)14-9(3)8-17-5-2/h7,9H,4-6,8H2,1-3H3,(H3,13,14,15,16). The Morgan fingerprint density at radius 1 is 1.41 bits per heavy atom. The molecule has 96 valence electrons. The fourth-order valence-electron chi connectivity index (χ4n) is 1.52. The molecule has 1 atom stereocenters. The van der Waals surface area contributed by atoms with Crippen LogP contribution in [-0.2, 0) is 11.2 Å². The second-order valence-electron chi connectivity index (χ2n) is 4.05. The fraction of sp³-hybridized carbons (Fsp3) is 0.667. The van der Waals surface area contributed by atoms with Crippen LogP contribution in [0.4, 0.5) is 11.6 Å². The second kappa shape index (κ2) is 7.06. The Balaban J connectivity index is 2.63. The summed E-state index contributed by atoms with van der Waals surface area (Å²) >= 11 is 0. The van der Waals surface area contributed by atoms with Crippen molar-refractivity contribution in [2.45, 2.75) is 39.7 Å². The van der Waals surface area contributed by atoms with Gasteiger partial charge in [0.05, 0.1) is 6.61 Å². The lowest BCUT2D eigenvalue weighted by Crippen LogP contribution is -2.22. The van der Waals surface area contributed by atoms with Crippen molar-refractivity contribution in [3.8, 4) is 0 Å². The average Bonchev–Trinajstić information content (AvgIpc) is 2.26. The molecule has 0 aliphatic rings. The van der Waals surface area contributed by atoms with Crippen molar-refractivity contribution < 1.29 is 4.74 Å². The Kier molecular flexibility index (Phi) is 5.69. The molecule has 0 radical (unpaired) electrons. The molecule has 0 saturated carbocycles. The van der Waals surface area contributed by atoms with Gasteiger partial charge in [-0.05, 0) is 20.3 Å². The van der Waals surface area contributed by atoms with Crippen molar-refractivity contribution in [2.24, 2.45) is 0 Å². The van der Waals surface area contributed by atoms with Crippen LogP contribution in [-0.4, -0.2) is 29.2 Å². The maximum Gasteiger partial charge on any atom is 0.133 e. The first-order chi connectivity index (χ1) is 8.15. The summed E-state index contributed by atoms with van der Waals surface area (Å²) in [6.07, 6.45) is 1.86. The van der Waals surface area contributed by atoms with Gasteiger partial charge >= 0.3 is 0 Å². The number of anilines is 2. The highest BCUT2D eigenvalue weighted by molar-refractivity contribution is 5.45. The molecule has 1 aromatic rings. The lowest BCUT2D eigenvalue weighted by molar-refractivity contribution is 0.141. The van der Waals surface area contributed by atoms with E-state index in [0.717, 1.165) is 31.1 Å². The van der Waals surface area contributed by atoms with E-state index in [1.807, 2.05) is 13.8 Å². The maximum absolute atomic E-state index is 5.74. The predicted molar refractivity (Wildman–Crippen MR) is 70.0 cm³/mol. The van der Waals surface area contributed by atoms with E-state index >= 15 is 0 Å². The number of nitrogens with one attached hydrogen (secondary N) is 1. The van der Waals surface area contributed by atoms with Crippen LogP contribution >= 0.6 is 0 Å². The molecule has 0 bridgehead atoms. The summed E-state index contributed by atoms with van der Waals surface area (Å²) < 4.78 is 5.34. The quantitative estimate of drug-likeness (QED) is 0.758. The van der Waals surface area contributed by atoms with Gasteiger partial charge in [-0.3, -0.25) is 0 Å². The van der Waals surface area contributed by atoms with Crippen LogP contribution in [0.2, 0.25) is 0 Å². The van der Waals surface area contributed by atoms with Crippen LogP contribution in [0.3, 0.4) is 0 Å². The first kappa shape index (κ1) is 13.7. The van der Waals surface area contributed by atoms with E-state index in [1.165, 1.54) is 0 Å². The normalized spacial score (nSPS) is 12.4. The van der Waals surface area contributed by atoms with E-state index in [0.29, 0.717) is 12.4 Å². The monoisotopic (exact) mass is 238 g/mol. The van der Waals surface area contributed by atoms with Gasteiger partial charge < -0.3 is 15.8 Å². The molecule has 5 heteroatoms. The molecule has 17 heavy (non-hydrogen) atoms. The van der Waals surface area contributed by atoms with Crippen LogP contribution in [0.5, 0.6) is 0 Å². The van der Waals surface area contributed by atoms with E-state index < -0.39 is 0 Å². The first-order valence-electron chi connectivity index (χ1n) is 6.13. The van der Waals surface area contributed by atoms with E-state index in [4.69, 9.17) is 10.5 Å². The van der Waals surface area contributed by atoms with E-state index in [9.17, 15) is 0 Å². The van der Waals surface area contributed by atoms with Crippen LogP contribution in [0.1, 0.15) is 33.0 Å². The maximum atomic E-state index is 5.74. The molecule has 5 nitrogen and oxygen atoms in total. The smallest absolute Gasteiger partial charge is 0.133 e. The Labute approximate surface area is 103 Å². The molecule has 1 unspecified atom stereocenters. The number of hydrogen-bond donors (Lipinski definition) is 2. The average molecular weight is 238 g/mol. The van der Waals surface area contributed by atoms with E-state index in [1.54, 1.807) is 6.07 Å². The van der Waals surface area contributed by atoms with Gasteiger partial charge in [0.25, 0.3) is 0 Å². The van der Waals surface area contributed by atoms with Gasteiger partial charge in [0.2, 0.25) is 0 Å². The zero-order chi connectivity index (χ0) is 12.7. The van der Waals surface area contributed by atoms with Gasteiger partial charge in [-0.2, -0.15) is 0 Å². The molecule has 1 aromatic heterocycles. The van der Waals surface area contributed by atoms with Crippen molar-refractivity contribution in [1.82, 2.24) is 9.97 Å². The Morgan fingerprint density at radius 2 is 2.18 bits per heavy atom. The molecule has 1 heterocycles. The summed E-state index contributed by atoms with van der Waals surface area (Å²) in [6, 6.07) is 1.96. The number of nitrogens with zero attached hydrogens (tertiary/aromatic N) is 2. The zero-order valence-electron chi connectivity index (χ0n) is 10.9.